The highest BCUT2D eigenvalue weighted by Crippen LogP contribution is 2.42. The molecule has 0 saturated carbocycles. The molecule has 4 heteroatoms. The normalized spacial score (nSPS) is 32.6. The van der Waals surface area contributed by atoms with Crippen molar-refractivity contribution in [2.75, 3.05) is 0 Å². The van der Waals surface area contributed by atoms with Crippen molar-refractivity contribution < 1.29 is 14.6 Å². The van der Waals surface area contributed by atoms with Gasteiger partial charge in [0.15, 0.2) is 5.41 Å². The summed E-state index contributed by atoms with van der Waals surface area (Å²) in [6.45, 7) is 5.13. The Hall–Kier alpha value is -1.34. The van der Waals surface area contributed by atoms with Crippen LogP contribution in [-0.2, 0) is 9.53 Å². The van der Waals surface area contributed by atoms with Crippen LogP contribution >= 0.6 is 0 Å². The zero-order chi connectivity index (χ0) is 13.1. The van der Waals surface area contributed by atoms with E-state index in [2.05, 4.69) is 0 Å². The molecule has 2 unspecified atom stereocenters. The minimum atomic E-state index is -1.47. The summed E-state index contributed by atoms with van der Waals surface area (Å²) < 4.78 is 5.00. The minimum absolute atomic E-state index is 0.326. The molecular formula is C13H19NO3. The number of hydrogen-bond donors (Lipinski definition) is 1. The topological polar surface area (TPSA) is 70.3 Å². The fourth-order valence-corrected chi connectivity index (χ4v) is 2.20. The van der Waals surface area contributed by atoms with Gasteiger partial charge in [0.1, 0.15) is 11.4 Å². The van der Waals surface area contributed by atoms with E-state index in [9.17, 15) is 15.2 Å². The van der Waals surface area contributed by atoms with E-state index in [0.717, 1.165) is 19.3 Å². The van der Waals surface area contributed by atoms with E-state index >= 15 is 0 Å². The number of aliphatic hydroxyl groups is 1. The van der Waals surface area contributed by atoms with E-state index in [0.29, 0.717) is 12.2 Å². The number of unbranched alkanes of at least 4 members (excludes halogenated alkanes) is 2. The number of cyclic esters (lactones) is 1. The molecule has 1 rings (SSSR count). The Morgan fingerprint density at radius 1 is 1.53 bits per heavy atom. The molecule has 4 nitrogen and oxygen atoms in total. The van der Waals surface area contributed by atoms with Crippen LogP contribution < -0.4 is 0 Å². The molecule has 1 heterocycles. The first kappa shape index (κ1) is 13.7. The molecule has 0 aliphatic carbocycles. The lowest BCUT2D eigenvalue weighted by Gasteiger charge is -2.39. The molecule has 0 amide bonds. The van der Waals surface area contributed by atoms with Crippen LogP contribution in [0.3, 0.4) is 0 Å². The van der Waals surface area contributed by atoms with Crippen LogP contribution in [0.15, 0.2) is 11.8 Å². The maximum absolute atomic E-state index is 11.9. The number of carbonyl (C=O) groups excluding carboxylic acids is 1. The van der Waals surface area contributed by atoms with Crippen molar-refractivity contribution in [3.05, 3.63) is 11.8 Å². The van der Waals surface area contributed by atoms with Gasteiger partial charge in [-0.05, 0) is 26.3 Å². The van der Waals surface area contributed by atoms with Crippen LogP contribution in [0.25, 0.3) is 0 Å². The van der Waals surface area contributed by atoms with Gasteiger partial charge in [-0.15, -0.1) is 0 Å². The molecule has 0 radical (unpaired) electrons. The molecule has 17 heavy (non-hydrogen) atoms. The third-order valence-corrected chi connectivity index (χ3v) is 3.30. The molecule has 0 aromatic rings. The molecule has 0 spiro atoms. The molecule has 2 atom stereocenters. The first-order valence-electron chi connectivity index (χ1n) is 5.95. The van der Waals surface area contributed by atoms with Crippen molar-refractivity contribution in [1.82, 2.24) is 0 Å². The third kappa shape index (κ3) is 2.34. The van der Waals surface area contributed by atoms with Crippen molar-refractivity contribution in [1.29, 1.82) is 5.26 Å². The van der Waals surface area contributed by atoms with Crippen LogP contribution in [0, 0.1) is 16.7 Å². The van der Waals surface area contributed by atoms with E-state index < -0.39 is 17.0 Å². The highest BCUT2D eigenvalue weighted by Gasteiger charge is 2.56. The number of carbonyl (C=O) groups is 1. The number of allylic oxidation sites excluding steroid dienone is 1. The summed E-state index contributed by atoms with van der Waals surface area (Å²) in [5.41, 5.74) is -2.93. The van der Waals surface area contributed by atoms with Gasteiger partial charge >= 0.3 is 5.97 Å². The van der Waals surface area contributed by atoms with E-state index in [4.69, 9.17) is 4.74 Å². The van der Waals surface area contributed by atoms with Gasteiger partial charge < -0.3 is 9.84 Å². The van der Waals surface area contributed by atoms with E-state index in [1.165, 1.54) is 13.0 Å². The van der Waals surface area contributed by atoms with Crippen molar-refractivity contribution in [3.63, 3.8) is 0 Å². The van der Waals surface area contributed by atoms with Gasteiger partial charge in [0, 0.05) is 0 Å². The van der Waals surface area contributed by atoms with Gasteiger partial charge in [-0.2, -0.15) is 5.26 Å². The predicted molar refractivity (Wildman–Crippen MR) is 62.7 cm³/mol. The van der Waals surface area contributed by atoms with E-state index in [1.807, 2.05) is 13.0 Å². The number of rotatable bonds is 4. The third-order valence-electron chi connectivity index (χ3n) is 3.30. The predicted octanol–water partition coefficient (Wildman–Crippen LogP) is 2.29. The highest BCUT2D eigenvalue weighted by atomic mass is 16.5. The number of hydrogen-bond acceptors (Lipinski definition) is 4. The first-order chi connectivity index (χ1) is 7.89. The summed E-state index contributed by atoms with van der Waals surface area (Å²) in [7, 11) is 0. The van der Waals surface area contributed by atoms with Gasteiger partial charge in [0.2, 0.25) is 0 Å². The first-order valence-corrected chi connectivity index (χ1v) is 5.95. The van der Waals surface area contributed by atoms with Crippen molar-refractivity contribution in [3.8, 4) is 6.07 Å². The molecule has 0 fully saturated rings. The summed E-state index contributed by atoms with van der Waals surface area (Å²) in [6, 6.07) is 1.97. The summed E-state index contributed by atoms with van der Waals surface area (Å²) in [6.07, 6.45) is 4.42. The molecule has 0 aromatic carbocycles. The maximum Gasteiger partial charge on any atom is 0.334 e. The van der Waals surface area contributed by atoms with Crippen molar-refractivity contribution in [2.24, 2.45) is 5.41 Å². The standard InChI is InChI=1S/C13H19NO3/c1-4-5-6-7-13(9-14)11(15)17-10(2)8-12(13,3)16/h8,16H,4-7H2,1-3H3. The van der Waals surface area contributed by atoms with Gasteiger partial charge in [-0.25, -0.2) is 4.79 Å². The Kier molecular flexibility index (Phi) is 3.94. The molecule has 0 bridgehead atoms. The van der Waals surface area contributed by atoms with Crippen molar-refractivity contribution in [2.45, 2.75) is 52.1 Å². The zero-order valence-electron chi connectivity index (χ0n) is 10.6. The Bertz CT molecular complexity index is 379. The molecule has 0 aromatic heterocycles. The van der Waals surface area contributed by atoms with Gasteiger partial charge in [0.05, 0.1) is 6.07 Å². The lowest BCUT2D eigenvalue weighted by molar-refractivity contribution is -0.163. The fraction of sp³-hybridized carbons (Fsp3) is 0.692. The second-order valence-corrected chi connectivity index (χ2v) is 4.77. The summed E-state index contributed by atoms with van der Waals surface area (Å²) in [5.74, 6) is -0.289. The summed E-state index contributed by atoms with van der Waals surface area (Å²) in [5, 5.41) is 19.6. The smallest absolute Gasteiger partial charge is 0.334 e. The Morgan fingerprint density at radius 2 is 2.18 bits per heavy atom. The largest absolute Gasteiger partial charge is 0.430 e. The van der Waals surface area contributed by atoms with E-state index in [1.54, 1.807) is 6.92 Å². The molecule has 1 aliphatic rings. The fourth-order valence-electron chi connectivity index (χ4n) is 2.20. The number of ether oxygens (including phenoxy) is 1. The molecule has 0 saturated heterocycles. The monoisotopic (exact) mass is 237 g/mol. The van der Waals surface area contributed by atoms with Crippen LogP contribution in [0.4, 0.5) is 0 Å². The lowest BCUT2D eigenvalue weighted by atomic mass is 9.69. The van der Waals surface area contributed by atoms with Crippen LogP contribution in [-0.4, -0.2) is 16.7 Å². The van der Waals surface area contributed by atoms with Gasteiger partial charge in [-0.3, -0.25) is 0 Å². The van der Waals surface area contributed by atoms with E-state index in [-0.39, 0.29) is 0 Å². The van der Waals surface area contributed by atoms with Gasteiger partial charge in [-0.1, -0.05) is 26.2 Å². The maximum atomic E-state index is 11.9. The van der Waals surface area contributed by atoms with Crippen LogP contribution in [0.1, 0.15) is 46.5 Å². The lowest BCUT2D eigenvalue weighted by Crippen LogP contribution is -2.52. The molecule has 1 aliphatic heterocycles. The van der Waals surface area contributed by atoms with Crippen molar-refractivity contribution >= 4 is 5.97 Å². The average molecular weight is 237 g/mol. The highest BCUT2D eigenvalue weighted by molar-refractivity contribution is 5.84. The molecule has 94 valence electrons. The van der Waals surface area contributed by atoms with Crippen LogP contribution in [0.5, 0.6) is 0 Å². The second kappa shape index (κ2) is 4.89. The number of nitrogens with zero attached hydrogens (tertiary/aromatic N) is 1. The molecule has 1 N–H and O–H groups in total. The Balaban J connectivity index is 3.04. The SMILES string of the molecule is CCCCCC1(C#N)C(=O)OC(C)=CC1(C)O. The molecular weight excluding hydrogens is 218 g/mol. The Labute approximate surface area is 102 Å². The zero-order valence-corrected chi connectivity index (χ0v) is 10.6. The van der Waals surface area contributed by atoms with Gasteiger partial charge in [0.25, 0.3) is 0 Å². The average Bonchev–Trinajstić information content (AvgIpc) is 2.21. The number of esters is 1. The Morgan fingerprint density at radius 3 is 2.65 bits per heavy atom. The number of nitriles is 1. The van der Waals surface area contributed by atoms with Crippen LogP contribution in [0.2, 0.25) is 0 Å². The summed E-state index contributed by atoms with van der Waals surface area (Å²) >= 11 is 0. The minimum Gasteiger partial charge on any atom is -0.430 e. The quantitative estimate of drug-likeness (QED) is 0.601. The second-order valence-electron chi connectivity index (χ2n) is 4.77. The summed E-state index contributed by atoms with van der Waals surface area (Å²) in [4.78, 5) is 11.9.